The summed E-state index contributed by atoms with van der Waals surface area (Å²) in [7, 11) is 0. The summed E-state index contributed by atoms with van der Waals surface area (Å²) < 4.78 is 1.99. The number of aliphatic carboxylic acids is 1. The highest BCUT2D eigenvalue weighted by molar-refractivity contribution is 5.79. The summed E-state index contributed by atoms with van der Waals surface area (Å²) in [5.74, 6) is -0.578. The highest BCUT2D eigenvalue weighted by atomic mass is 16.4. The maximum Gasteiger partial charge on any atom is 0.309 e. The summed E-state index contributed by atoms with van der Waals surface area (Å²) in [6, 6.07) is 10.9. The van der Waals surface area contributed by atoms with Gasteiger partial charge in [0.1, 0.15) is 0 Å². The van der Waals surface area contributed by atoms with Gasteiger partial charge in [0, 0.05) is 62.6 Å². The van der Waals surface area contributed by atoms with E-state index in [1.165, 1.54) is 16.7 Å². The molecule has 3 aliphatic carbocycles. The van der Waals surface area contributed by atoms with E-state index in [0.717, 1.165) is 94.1 Å². The molecule has 1 aliphatic heterocycles. The molecule has 7 heteroatoms. The zero-order valence-electron chi connectivity index (χ0n) is 22.9. The number of piperazine rings is 1. The summed E-state index contributed by atoms with van der Waals surface area (Å²) >= 11 is 0. The standard InChI is InChI=1S/C31H39N5O2/c1-4-27-26(28-32-22(2)16-23(3)36(28)33-27)17-25-9-7-24(8-10-25)6-5-11-34-12-14-35(15-13-34)21-30-18-31(19-30,20-30)29(37)38/h5-10,16H,4,11-15,17-21H2,1-3H3,(H,37,38)/b6-5+. The SMILES string of the molecule is CCc1nn2c(C)cc(C)nc2c1Cc1ccc(/C=C/CN2CCN(CC34CC(C(=O)O)(C3)C4)CC2)cc1. The number of rotatable bonds is 9. The molecule has 0 unspecified atom stereocenters. The van der Waals surface area contributed by atoms with Gasteiger partial charge in [0.15, 0.2) is 5.65 Å². The van der Waals surface area contributed by atoms with Crippen molar-refractivity contribution in [3.05, 3.63) is 70.2 Å². The first-order chi connectivity index (χ1) is 18.3. The highest BCUT2D eigenvalue weighted by Gasteiger charge is 2.71. The highest BCUT2D eigenvalue weighted by Crippen LogP contribution is 2.73. The quantitative estimate of drug-likeness (QED) is 0.458. The number of hydrogen-bond acceptors (Lipinski definition) is 5. The number of aromatic nitrogens is 3. The van der Waals surface area contributed by atoms with Crippen molar-refractivity contribution in [3.8, 4) is 0 Å². The largest absolute Gasteiger partial charge is 0.481 e. The van der Waals surface area contributed by atoms with Crippen molar-refractivity contribution in [2.24, 2.45) is 10.8 Å². The van der Waals surface area contributed by atoms with Gasteiger partial charge in [-0.25, -0.2) is 9.50 Å². The fourth-order valence-electron chi connectivity index (χ4n) is 7.16. The molecule has 1 aromatic carbocycles. The molecule has 3 heterocycles. The molecular formula is C31H39N5O2. The van der Waals surface area contributed by atoms with Crippen molar-refractivity contribution in [1.29, 1.82) is 0 Å². The Morgan fingerprint density at radius 1 is 1.05 bits per heavy atom. The number of carboxylic acids is 1. The Morgan fingerprint density at radius 3 is 2.39 bits per heavy atom. The molecule has 7 rings (SSSR count). The molecule has 0 radical (unpaired) electrons. The van der Waals surface area contributed by atoms with Gasteiger partial charge in [-0.15, -0.1) is 0 Å². The molecule has 0 amide bonds. The van der Waals surface area contributed by atoms with Crippen LogP contribution in [0.5, 0.6) is 0 Å². The van der Waals surface area contributed by atoms with Gasteiger partial charge in [0.05, 0.1) is 11.1 Å². The zero-order valence-corrected chi connectivity index (χ0v) is 22.9. The molecule has 1 N–H and O–H groups in total. The van der Waals surface area contributed by atoms with Crippen LogP contribution in [0.1, 0.15) is 60.0 Å². The zero-order chi connectivity index (χ0) is 26.5. The lowest BCUT2D eigenvalue weighted by Crippen LogP contribution is -2.69. The molecule has 3 aromatic rings. The van der Waals surface area contributed by atoms with Crippen LogP contribution in [0, 0.1) is 24.7 Å². The van der Waals surface area contributed by atoms with Gasteiger partial charge in [0.2, 0.25) is 0 Å². The minimum Gasteiger partial charge on any atom is -0.481 e. The third-order valence-corrected chi connectivity index (χ3v) is 9.06. The van der Waals surface area contributed by atoms with E-state index >= 15 is 0 Å². The fourth-order valence-corrected chi connectivity index (χ4v) is 7.16. The van der Waals surface area contributed by atoms with E-state index in [4.69, 9.17) is 10.1 Å². The van der Waals surface area contributed by atoms with E-state index in [9.17, 15) is 9.90 Å². The second-order valence-electron chi connectivity index (χ2n) is 12.1. The predicted molar refractivity (Wildman–Crippen MR) is 149 cm³/mol. The van der Waals surface area contributed by atoms with Crippen LogP contribution >= 0.6 is 0 Å². The Labute approximate surface area is 225 Å². The topological polar surface area (TPSA) is 74.0 Å². The predicted octanol–water partition coefficient (Wildman–Crippen LogP) is 4.39. The normalized spacial score (nSPS) is 25.6. The molecule has 7 nitrogen and oxygen atoms in total. The Kier molecular flexibility index (Phi) is 6.39. The average molecular weight is 514 g/mol. The van der Waals surface area contributed by atoms with Crippen LogP contribution in [-0.4, -0.2) is 74.7 Å². The van der Waals surface area contributed by atoms with Crippen LogP contribution in [0.25, 0.3) is 11.7 Å². The van der Waals surface area contributed by atoms with Crippen molar-refractivity contribution < 1.29 is 9.90 Å². The van der Waals surface area contributed by atoms with Crippen LogP contribution in [-0.2, 0) is 17.6 Å². The maximum absolute atomic E-state index is 11.4. The van der Waals surface area contributed by atoms with Gasteiger partial charge >= 0.3 is 5.97 Å². The monoisotopic (exact) mass is 513 g/mol. The second kappa shape index (κ2) is 9.62. The lowest BCUT2D eigenvalue weighted by molar-refractivity contribution is -0.228. The smallest absolute Gasteiger partial charge is 0.309 e. The molecule has 4 aliphatic rings. The summed E-state index contributed by atoms with van der Waals surface area (Å²) in [5, 5.41) is 14.2. The van der Waals surface area contributed by atoms with Crippen LogP contribution < -0.4 is 0 Å². The fraction of sp³-hybridized carbons (Fsp3) is 0.516. The molecule has 38 heavy (non-hydrogen) atoms. The number of carboxylic acid groups (broad SMARTS) is 1. The lowest BCUT2D eigenvalue weighted by Gasteiger charge is -2.69. The Hall–Kier alpha value is -3.03. The van der Waals surface area contributed by atoms with Gasteiger partial charge < -0.3 is 10.0 Å². The average Bonchev–Trinajstić information content (AvgIpc) is 3.20. The van der Waals surface area contributed by atoms with Gasteiger partial charge in [-0.05, 0) is 62.1 Å². The molecule has 2 bridgehead atoms. The molecule has 0 spiro atoms. The van der Waals surface area contributed by atoms with Crippen molar-refractivity contribution in [2.45, 2.75) is 52.9 Å². The van der Waals surface area contributed by atoms with Gasteiger partial charge in [-0.1, -0.05) is 43.3 Å². The van der Waals surface area contributed by atoms with Crippen molar-refractivity contribution >= 4 is 17.7 Å². The van der Waals surface area contributed by atoms with E-state index in [-0.39, 0.29) is 5.41 Å². The number of carbonyl (C=O) groups is 1. The molecule has 1 saturated heterocycles. The van der Waals surface area contributed by atoms with Gasteiger partial charge in [-0.3, -0.25) is 9.69 Å². The van der Waals surface area contributed by atoms with Crippen LogP contribution in [0.2, 0.25) is 0 Å². The lowest BCUT2D eigenvalue weighted by atomic mass is 9.35. The molecule has 4 fully saturated rings. The van der Waals surface area contributed by atoms with Crippen molar-refractivity contribution in [1.82, 2.24) is 24.4 Å². The van der Waals surface area contributed by atoms with Gasteiger partial charge in [0.25, 0.3) is 0 Å². The molecule has 0 atom stereocenters. The van der Waals surface area contributed by atoms with E-state index in [1.807, 2.05) is 11.4 Å². The van der Waals surface area contributed by atoms with Crippen LogP contribution in [0.4, 0.5) is 0 Å². The molecule has 3 saturated carbocycles. The first-order valence-corrected chi connectivity index (χ1v) is 14.1. The minimum absolute atomic E-state index is 0.310. The number of aryl methyl sites for hydroxylation is 3. The summed E-state index contributed by atoms with van der Waals surface area (Å²) in [6.45, 7) is 12.7. The first kappa shape index (κ1) is 25.3. The molecule has 200 valence electrons. The van der Waals surface area contributed by atoms with Crippen molar-refractivity contribution in [3.63, 3.8) is 0 Å². The Balaban J connectivity index is 0.997. The van der Waals surface area contributed by atoms with Crippen molar-refractivity contribution in [2.75, 3.05) is 39.3 Å². The molecule has 2 aromatic heterocycles. The summed E-state index contributed by atoms with van der Waals surface area (Å²) in [4.78, 5) is 21.2. The second-order valence-corrected chi connectivity index (χ2v) is 12.1. The third kappa shape index (κ3) is 4.56. The van der Waals surface area contributed by atoms with Gasteiger partial charge in [-0.2, -0.15) is 5.10 Å². The number of hydrogen-bond donors (Lipinski definition) is 1. The van der Waals surface area contributed by atoms with E-state index in [0.29, 0.717) is 5.41 Å². The van der Waals surface area contributed by atoms with E-state index in [1.54, 1.807) is 0 Å². The van der Waals surface area contributed by atoms with E-state index in [2.05, 4.69) is 66.1 Å². The maximum atomic E-state index is 11.4. The van der Waals surface area contributed by atoms with Crippen LogP contribution in [0.15, 0.2) is 36.4 Å². The Bertz CT molecular complexity index is 1360. The van der Waals surface area contributed by atoms with E-state index < -0.39 is 5.97 Å². The Morgan fingerprint density at radius 2 is 1.74 bits per heavy atom. The van der Waals surface area contributed by atoms with Crippen LogP contribution in [0.3, 0.4) is 0 Å². The number of benzene rings is 1. The third-order valence-electron chi connectivity index (χ3n) is 9.06. The number of nitrogens with zero attached hydrogens (tertiary/aromatic N) is 5. The molecular weight excluding hydrogens is 474 g/mol. The number of fused-ring (bicyclic) bond motifs is 1. The summed E-state index contributed by atoms with van der Waals surface area (Å²) in [5.41, 5.74) is 7.96. The minimum atomic E-state index is -0.578. The first-order valence-electron chi connectivity index (χ1n) is 14.1. The summed E-state index contributed by atoms with van der Waals surface area (Å²) in [6.07, 6.45) is 8.93.